The molecule has 2 aromatic carbocycles. The summed E-state index contributed by atoms with van der Waals surface area (Å²) in [6.45, 7) is 1.54. The summed E-state index contributed by atoms with van der Waals surface area (Å²) in [6.07, 6.45) is 0. The van der Waals surface area contributed by atoms with Crippen LogP contribution in [0.25, 0.3) is 0 Å². The van der Waals surface area contributed by atoms with Crippen molar-refractivity contribution in [3.63, 3.8) is 0 Å². The molecule has 2 aromatic rings. The van der Waals surface area contributed by atoms with E-state index >= 15 is 0 Å². The topological polar surface area (TPSA) is 67.9 Å². The zero-order valence-corrected chi connectivity index (χ0v) is 14.8. The van der Waals surface area contributed by atoms with Crippen molar-refractivity contribution in [3.8, 4) is 5.75 Å². The number of hydrogen-bond donors (Lipinski definition) is 1. The van der Waals surface area contributed by atoms with Crippen molar-refractivity contribution in [3.05, 3.63) is 53.6 Å². The summed E-state index contributed by atoms with van der Waals surface area (Å²) in [6, 6.07) is 12.5. The summed E-state index contributed by atoms with van der Waals surface area (Å²) in [4.78, 5) is 26.0. The maximum atomic E-state index is 12.1. The third-order valence-corrected chi connectivity index (χ3v) is 3.56. The van der Waals surface area contributed by atoms with Crippen LogP contribution in [0.5, 0.6) is 5.75 Å². The van der Waals surface area contributed by atoms with Gasteiger partial charge in [0.1, 0.15) is 5.75 Å². The lowest BCUT2D eigenvalue weighted by Gasteiger charge is -2.13. The number of rotatable bonds is 6. The molecule has 0 aliphatic heterocycles. The van der Waals surface area contributed by atoms with Crippen LogP contribution in [0, 0.1) is 6.92 Å². The third-order valence-electron chi connectivity index (χ3n) is 3.56. The number of nitrogens with one attached hydrogen (secondary N) is 1. The number of nitrogens with zero attached hydrogens (tertiary/aromatic N) is 1. The number of anilines is 2. The van der Waals surface area contributed by atoms with Gasteiger partial charge in [0.15, 0.2) is 6.61 Å². The van der Waals surface area contributed by atoms with Crippen LogP contribution >= 0.6 is 0 Å². The second-order valence-electron chi connectivity index (χ2n) is 5.77. The van der Waals surface area contributed by atoms with Crippen LogP contribution < -0.4 is 15.0 Å². The number of carbonyl (C=O) groups excluding carboxylic acids is 2. The molecule has 0 fully saturated rings. The molecule has 6 heteroatoms. The molecule has 0 saturated heterocycles. The van der Waals surface area contributed by atoms with E-state index in [1.807, 2.05) is 38.1 Å². The Balaban J connectivity index is 1.97. The fraction of sp³-hybridized carbons (Fsp3) is 0.263. The van der Waals surface area contributed by atoms with Crippen molar-refractivity contribution in [2.45, 2.75) is 6.92 Å². The van der Waals surface area contributed by atoms with E-state index in [4.69, 9.17) is 9.47 Å². The highest BCUT2D eigenvalue weighted by molar-refractivity contribution is 5.96. The maximum absolute atomic E-state index is 12.1. The van der Waals surface area contributed by atoms with Crippen molar-refractivity contribution >= 4 is 23.3 Å². The van der Waals surface area contributed by atoms with E-state index < -0.39 is 11.9 Å². The summed E-state index contributed by atoms with van der Waals surface area (Å²) in [7, 11) is 5.29. The van der Waals surface area contributed by atoms with E-state index in [0.717, 1.165) is 11.3 Å². The molecule has 0 radical (unpaired) electrons. The van der Waals surface area contributed by atoms with Crippen LogP contribution in [0.15, 0.2) is 42.5 Å². The van der Waals surface area contributed by atoms with E-state index in [9.17, 15) is 9.59 Å². The Kier molecular flexibility index (Phi) is 6.00. The average molecular weight is 342 g/mol. The van der Waals surface area contributed by atoms with E-state index in [-0.39, 0.29) is 6.61 Å². The van der Waals surface area contributed by atoms with E-state index in [2.05, 4.69) is 5.32 Å². The van der Waals surface area contributed by atoms with Crippen LogP contribution in [0.1, 0.15) is 15.9 Å². The Morgan fingerprint density at radius 1 is 1.12 bits per heavy atom. The first kappa shape index (κ1) is 18.3. The fourth-order valence-corrected chi connectivity index (χ4v) is 2.23. The van der Waals surface area contributed by atoms with Gasteiger partial charge in [-0.25, -0.2) is 4.79 Å². The summed E-state index contributed by atoms with van der Waals surface area (Å²) < 4.78 is 10.3. The maximum Gasteiger partial charge on any atom is 0.338 e. The molecule has 0 atom stereocenters. The highest BCUT2D eigenvalue weighted by atomic mass is 16.5. The van der Waals surface area contributed by atoms with Crippen LogP contribution in [0.4, 0.5) is 11.4 Å². The lowest BCUT2D eigenvalue weighted by atomic mass is 10.2. The molecule has 0 bridgehead atoms. The number of aryl methyl sites for hydroxylation is 1. The molecule has 132 valence electrons. The van der Waals surface area contributed by atoms with Gasteiger partial charge < -0.3 is 19.7 Å². The average Bonchev–Trinajstić information content (AvgIpc) is 2.60. The minimum absolute atomic E-state index is 0.373. The number of benzene rings is 2. The van der Waals surface area contributed by atoms with Gasteiger partial charge in [0, 0.05) is 19.8 Å². The molecule has 1 amide bonds. The van der Waals surface area contributed by atoms with E-state index in [0.29, 0.717) is 17.0 Å². The molecule has 0 aliphatic rings. The Morgan fingerprint density at radius 3 is 2.56 bits per heavy atom. The molecule has 25 heavy (non-hydrogen) atoms. The summed E-state index contributed by atoms with van der Waals surface area (Å²) in [5.41, 5.74) is 2.79. The molecule has 1 N–H and O–H groups in total. The molecular formula is C19H22N2O4. The van der Waals surface area contributed by atoms with E-state index in [1.54, 1.807) is 30.3 Å². The lowest BCUT2D eigenvalue weighted by Crippen LogP contribution is -2.21. The van der Waals surface area contributed by atoms with Crippen LogP contribution in [0.3, 0.4) is 0 Å². The molecule has 0 aromatic heterocycles. The Hall–Kier alpha value is -3.02. The first-order valence-corrected chi connectivity index (χ1v) is 7.79. The molecule has 0 aliphatic carbocycles. The molecular weight excluding hydrogens is 320 g/mol. The van der Waals surface area contributed by atoms with Crippen molar-refractivity contribution in [2.75, 3.05) is 38.0 Å². The normalized spacial score (nSPS) is 10.1. The predicted octanol–water partition coefficient (Wildman–Crippen LogP) is 2.87. The van der Waals surface area contributed by atoms with Crippen molar-refractivity contribution in [2.24, 2.45) is 0 Å². The van der Waals surface area contributed by atoms with Gasteiger partial charge in [0.2, 0.25) is 0 Å². The lowest BCUT2D eigenvalue weighted by molar-refractivity contribution is -0.119. The first-order chi connectivity index (χ1) is 11.9. The Bertz CT molecular complexity index is 772. The van der Waals surface area contributed by atoms with Crippen molar-refractivity contribution in [1.82, 2.24) is 0 Å². The number of carbonyl (C=O) groups is 2. The van der Waals surface area contributed by atoms with Gasteiger partial charge in [-0.1, -0.05) is 12.1 Å². The summed E-state index contributed by atoms with van der Waals surface area (Å²) >= 11 is 0. The van der Waals surface area contributed by atoms with Gasteiger partial charge in [0.05, 0.1) is 18.4 Å². The smallest absolute Gasteiger partial charge is 0.338 e. The SMILES string of the molecule is COc1ccc(C)cc1NC(=O)COC(=O)c1cccc(N(C)C)c1. The number of ether oxygens (including phenoxy) is 2. The molecule has 6 nitrogen and oxygen atoms in total. The highest BCUT2D eigenvalue weighted by Gasteiger charge is 2.13. The number of esters is 1. The zero-order valence-electron chi connectivity index (χ0n) is 14.8. The van der Waals surface area contributed by atoms with Crippen LogP contribution in [0.2, 0.25) is 0 Å². The van der Waals surface area contributed by atoms with Crippen molar-refractivity contribution < 1.29 is 19.1 Å². The third kappa shape index (κ3) is 4.97. The van der Waals surface area contributed by atoms with Gasteiger partial charge in [-0.05, 0) is 42.8 Å². The summed E-state index contributed by atoms with van der Waals surface area (Å²) in [5, 5.41) is 2.69. The number of methoxy groups -OCH3 is 1. The van der Waals surface area contributed by atoms with Gasteiger partial charge in [-0.2, -0.15) is 0 Å². The number of amides is 1. The standard InChI is InChI=1S/C19H22N2O4/c1-13-8-9-17(24-4)16(10-13)20-18(22)12-25-19(23)14-6-5-7-15(11-14)21(2)3/h5-11H,12H2,1-4H3,(H,20,22). The van der Waals surface area contributed by atoms with Gasteiger partial charge in [0.25, 0.3) is 5.91 Å². The first-order valence-electron chi connectivity index (χ1n) is 7.79. The second kappa shape index (κ2) is 8.19. The van der Waals surface area contributed by atoms with Gasteiger partial charge in [-0.3, -0.25) is 4.79 Å². The molecule has 0 heterocycles. The minimum atomic E-state index is -0.546. The Morgan fingerprint density at radius 2 is 1.88 bits per heavy atom. The Labute approximate surface area is 147 Å². The van der Waals surface area contributed by atoms with Crippen LogP contribution in [-0.2, 0) is 9.53 Å². The quantitative estimate of drug-likeness (QED) is 0.818. The zero-order chi connectivity index (χ0) is 18.4. The van der Waals surface area contributed by atoms with Crippen LogP contribution in [-0.4, -0.2) is 39.7 Å². The monoisotopic (exact) mass is 342 g/mol. The number of hydrogen-bond acceptors (Lipinski definition) is 5. The minimum Gasteiger partial charge on any atom is -0.495 e. The largest absolute Gasteiger partial charge is 0.495 e. The molecule has 0 unspecified atom stereocenters. The second-order valence-corrected chi connectivity index (χ2v) is 5.77. The van der Waals surface area contributed by atoms with E-state index in [1.165, 1.54) is 7.11 Å². The summed E-state index contributed by atoms with van der Waals surface area (Å²) in [5.74, 6) is -0.431. The molecule has 0 saturated carbocycles. The highest BCUT2D eigenvalue weighted by Crippen LogP contribution is 2.25. The van der Waals surface area contributed by atoms with Crippen molar-refractivity contribution in [1.29, 1.82) is 0 Å². The fourth-order valence-electron chi connectivity index (χ4n) is 2.23. The van der Waals surface area contributed by atoms with Gasteiger partial charge in [-0.15, -0.1) is 0 Å². The van der Waals surface area contributed by atoms with Gasteiger partial charge >= 0.3 is 5.97 Å². The molecule has 2 rings (SSSR count). The predicted molar refractivity (Wildman–Crippen MR) is 97.4 cm³/mol. The molecule has 0 spiro atoms.